The predicted octanol–water partition coefficient (Wildman–Crippen LogP) is 4.84. The predicted molar refractivity (Wildman–Crippen MR) is 124 cm³/mol. The summed E-state index contributed by atoms with van der Waals surface area (Å²) < 4.78 is 6.87. The Balaban J connectivity index is 1.52. The molecule has 0 aliphatic heterocycles. The van der Waals surface area contributed by atoms with Crippen molar-refractivity contribution in [1.29, 1.82) is 0 Å². The van der Waals surface area contributed by atoms with Crippen LogP contribution in [0.2, 0.25) is 0 Å². The Morgan fingerprint density at radius 1 is 1.13 bits per heavy atom. The van der Waals surface area contributed by atoms with Crippen molar-refractivity contribution in [2.45, 2.75) is 24.4 Å². The molecular weight excluding hydrogens is 416 g/mol. The number of hydrogen-bond donors (Lipinski definition) is 1. The maximum absolute atomic E-state index is 12.9. The number of nitrogens with zero attached hydrogens (tertiary/aromatic N) is 3. The van der Waals surface area contributed by atoms with Gasteiger partial charge in [-0.1, -0.05) is 41.6 Å². The molecule has 0 amide bonds. The highest BCUT2D eigenvalue weighted by Crippen LogP contribution is 2.26. The van der Waals surface area contributed by atoms with Crippen molar-refractivity contribution in [2.24, 2.45) is 0 Å². The van der Waals surface area contributed by atoms with Gasteiger partial charge >= 0.3 is 0 Å². The van der Waals surface area contributed by atoms with E-state index in [2.05, 4.69) is 29.4 Å². The standard InChI is InChI=1S/C22H22N4O2S2/c1-15-7-9-16(10-8-15)23-21-24-17(13-29-21)14-30-22-25-19-6-4-3-5-18(19)20(27)26(22)11-12-28-2/h3-10,13H,11-12,14H2,1-2H3,(H,23,24). The molecule has 0 atom stereocenters. The molecule has 6 nitrogen and oxygen atoms in total. The lowest BCUT2D eigenvalue weighted by atomic mass is 10.2. The summed E-state index contributed by atoms with van der Waals surface area (Å²) >= 11 is 3.08. The van der Waals surface area contributed by atoms with Crippen LogP contribution in [0, 0.1) is 6.92 Å². The highest BCUT2D eigenvalue weighted by molar-refractivity contribution is 7.98. The number of benzene rings is 2. The highest BCUT2D eigenvalue weighted by Gasteiger charge is 2.12. The zero-order valence-electron chi connectivity index (χ0n) is 16.8. The molecule has 0 fully saturated rings. The van der Waals surface area contributed by atoms with Crippen molar-refractivity contribution >= 4 is 44.8 Å². The molecule has 0 saturated heterocycles. The molecule has 30 heavy (non-hydrogen) atoms. The quantitative estimate of drug-likeness (QED) is 0.313. The van der Waals surface area contributed by atoms with Crippen molar-refractivity contribution < 1.29 is 4.74 Å². The second-order valence-corrected chi connectivity index (χ2v) is 8.59. The number of rotatable bonds is 8. The molecule has 0 bridgehead atoms. The third kappa shape index (κ3) is 4.72. The molecule has 2 heterocycles. The number of methoxy groups -OCH3 is 1. The number of fused-ring (bicyclic) bond motifs is 1. The molecular formula is C22H22N4O2S2. The van der Waals surface area contributed by atoms with Gasteiger partial charge in [0.2, 0.25) is 0 Å². The molecule has 0 spiro atoms. The summed E-state index contributed by atoms with van der Waals surface area (Å²) in [5, 5.41) is 7.51. The van der Waals surface area contributed by atoms with Gasteiger partial charge in [-0.3, -0.25) is 9.36 Å². The van der Waals surface area contributed by atoms with Gasteiger partial charge in [0.1, 0.15) is 0 Å². The van der Waals surface area contributed by atoms with Gasteiger partial charge in [-0.2, -0.15) is 0 Å². The van der Waals surface area contributed by atoms with Gasteiger partial charge in [0.05, 0.1) is 29.7 Å². The van der Waals surface area contributed by atoms with E-state index in [1.54, 1.807) is 23.0 Å². The van der Waals surface area contributed by atoms with Crippen molar-refractivity contribution in [1.82, 2.24) is 14.5 Å². The first kappa shape index (κ1) is 20.6. The topological polar surface area (TPSA) is 69.0 Å². The normalized spacial score (nSPS) is 11.1. The lowest BCUT2D eigenvalue weighted by Crippen LogP contribution is -2.25. The number of aromatic nitrogens is 3. The summed E-state index contributed by atoms with van der Waals surface area (Å²) in [5.74, 6) is 0.629. The van der Waals surface area contributed by atoms with Crippen LogP contribution in [0.15, 0.2) is 63.9 Å². The van der Waals surface area contributed by atoms with Gasteiger partial charge < -0.3 is 10.1 Å². The monoisotopic (exact) mass is 438 g/mol. The van der Waals surface area contributed by atoms with E-state index in [-0.39, 0.29) is 5.56 Å². The number of para-hydroxylation sites is 1. The average molecular weight is 439 g/mol. The SMILES string of the molecule is COCCn1c(SCc2csc(Nc3ccc(C)cc3)n2)nc2ccccc2c1=O. The van der Waals surface area contributed by atoms with E-state index in [0.29, 0.717) is 35.0 Å². The molecule has 0 saturated carbocycles. The molecule has 2 aromatic carbocycles. The summed E-state index contributed by atoms with van der Waals surface area (Å²) in [5.41, 5.74) is 3.84. The Morgan fingerprint density at radius 2 is 1.93 bits per heavy atom. The number of ether oxygens (including phenoxy) is 1. The largest absolute Gasteiger partial charge is 0.383 e. The van der Waals surface area contributed by atoms with Crippen LogP contribution in [0.1, 0.15) is 11.3 Å². The molecule has 4 aromatic rings. The van der Waals surface area contributed by atoms with Crippen LogP contribution >= 0.6 is 23.1 Å². The number of aryl methyl sites for hydroxylation is 1. The molecule has 4 rings (SSSR count). The zero-order chi connectivity index (χ0) is 20.9. The van der Waals surface area contributed by atoms with E-state index in [1.165, 1.54) is 17.3 Å². The molecule has 2 aromatic heterocycles. The summed E-state index contributed by atoms with van der Waals surface area (Å²) in [6.07, 6.45) is 0. The van der Waals surface area contributed by atoms with E-state index in [9.17, 15) is 4.79 Å². The average Bonchev–Trinajstić information content (AvgIpc) is 3.21. The van der Waals surface area contributed by atoms with E-state index >= 15 is 0 Å². The van der Waals surface area contributed by atoms with Gasteiger partial charge in [-0.05, 0) is 31.2 Å². The van der Waals surface area contributed by atoms with Crippen LogP contribution in [0.3, 0.4) is 0 Å². The minimum atomic E-state index is -0.0415. The minimum absolute atomic E-state index is 0.0415. The Hall–Kier alpha value is -2.68. The van der Waals surface area contributed by atoms with E-state index in [0.717, 1.165) is 16.5 Å². The summed E-state index contributed by atoms with van der Waals surface area (Å²) in [6, 6.07) is 15.6. The third-order valence-electron chi connectivity index (χ3n) is 4.55. The van der Waals surface area contributed by atoms with Gasteiger partial charge in [-0.25, -0.2) is 9.97 Å². The van der Waals surface area contributed by atoms with Gasteiger partial charge in [0.25, 0.3) is 5.56 Å². The number of thiazole rings is 1. The van der Waals surface area contributed by atoms with Crippen molar-refractivity contribution in [3.05, 3.63) is 75.5 Å². The van der Waals surface area contributed by atoms with Crippen molar-refractivity contribution in [3.63, 3.8) is 0 Å². The summed E-state index contributed by atoms with van der Waals surface area (Å²) in [6.45, 7) is 2.98. The Morgan fingerprint density at radius 3 is 2.73 bits per heavy atom. The Bertz CT molecular complexity index is 1200. The number of nitrogens with one attached hydrogen (secondary N) is 1. The third-order valence-corrected chi connectivity index (χ3v) is 6.37. The number of thioether (sulfide) groups is 1. The Labute approximate surface area is 183 Å². The maximum atomic E-state index is 12.9. The van der Waals surface area contributed by atoms with Crippen molar-refractivity contribution in [2.75, 3.05) is 19.0 Å². The Kier molecular flexibility index (Phi) is 6.47. The number of anilines is 2. The molecule has 0 aliphatic carbocycles. The van der Waals surface area contributed by atoms with Gasteiger partial charge in [0.15, 0.2) is 10.3 Å². The summed E-state index contributed by atoms with van der Waals surface area (Å²) in [4.78, 5) is 22.3. The van der Waals surface area contributed by atoms with Gasteiger partial charge in [-0.15, -0.1) is 11.3 Å². The lowest BCUT2D eigenvalue weighted by Gasteiger charge is -2.12. The minimum Gasteiger partial charge on any atom is -0.383 e. The first-order valence-electron chi connectivity index (χ1n) is 9.53. The first-order chi connectivity index (χ1) is 14.6. The molecule has 1 N–H and O–H groups in total. The highest BCUT2D eigenvalue weighted by atomic mass is 32.2. The van der Waals surface area contributed by atoms with Crippen LogP contribution in [-0.4, -0.2) is 28.3 Å². The van der Waals surface area contributed by atoms with Crippen LogP contribution in [0.5, 0.6) is 0 Å². The van der Waals surface area contributed by atoms with E-state index in [1.807, 2.05) is 41.8 Å². The fourth-order valence-corrected chi connectivity index (χ4v) is 4.72. The van der Waals surface area contributed by atoms with Crippen LogP contribution in [-0.2, 0) is 17.0 Å². The van der Waals surface area contributed by atoms with Crippen LogP contribution < -0.4 is 10.9 Å². The molecule has 0 aliphatic rings. The van der Waals surface area contributed by atoms with Gasteiger partial charge in [0, 0.05) is 23.9 Å². The summed E-state index contributed by atoms with van der Waals surface area (Å²) in [7, 11) is 1.63. The number of hydrogen-bond acceptors (Lipinski definition) is 7. The fraction of sp³-hybridized carbons (Fsp3) is 0.227. The van der Waals surface area contributed by atoms with E-state index in [4.69, 9.17) is 9.72 Å². The smallest absolute Gasteiger partial charge is 0.262 e. The lowest BCUT2D eigenvalue weighted by molar-refractivity contribution is 0.183. The molecule has 154 valence electrons. The van der Waals surface area contributed by atoms with Crippen molar-refractivity contribution in [3.8, 4) is 0 Å². The molecule has 0 unspecified atom stereocenters. The van der Waals surface area contributed by atoms with Crippen LogP contribution in [0.4, 0.5) is 10.8 Å². The van der Waals surface area contributed by atoms with Crippen LogP contribution in [0.25, 0.3) is 10.9 Å². The second kappa shape index (κ2) is 9.42. The zero-order valence-corrected chi connectivity index (χ0v) is 18.4. The first-order valence-corrected chi connectivity index (χ1v) is 11.4. The molecule has 0 radical (unpaired) electrons. The molecule has 8 heteroatoms. The second-order valence-electron chi connectivity index (χ2n) is 6.78. The van der Waals surface area contributed by atoms with E-state index < -0.39 is 0 Å². The fourth-order valence-electron chi connectivity index (χ4n) is 2.97. The maximum Gasteiger partial charge on any atom is 0.262 e.